The van der Waals surface area contributed by atoms with Crippen molar-refractivity contribution in [1.29, 1.82) is 0 Å². The number of ether oxygens (including phenoxy) is 1. The molecule has 1 rings (SSSR count). The summed E-state index contributed by atoms with van der Waals surface area (Å²) in [7, 11) is 0. The third-order valence-electron chi connectivity index (χ3n) is 1.92. The van der Waals surface area contributed by atoms with Crippen molar-refractivity contribution in [3.05, 3.63) is 35.4 Å². The summed E-state index contributed by atoms with van der Waals surface area (Å²) in [6.07, 6.45) is -1.43. The van der Waals surface area contributed by atoms with Crippen LogP contribution < -0.4 is 0 Å². The molecule has 0 bridgehead atoms. The van der Waals surface area contributed by atoms with Gasteiger partial charge in [-0.25, -0.2) is 4.79 Å². The average molecular weight is 210 g/mol. The molecule has 0 saturated heterocycles. The van der Waals surface area contributed by atoms with Crippen LogP contribution in [0.25, 0.3) is 0 Å². The highest BCUT2D eigenvalue weighted by molar-refractivity contribution is 5.91. The van der Waals surface area contributed by atoms with Gasteiger partial charge >= 0.3 is 5.97 Å². The highest BCUT2D eigenvalue weighted by Gasteiger charge is 2.13. The number of benzene rings is 1. The summed E-state index contributed by atoms with van der Waals surface area (Å²) in [5.41, 5.74) is 0.957. The van der Waals surface area contributed by atoms with Gasteiger partial charge in [-0.2, -0.15) is 0 Å². The lowest BCUT2D eigenvalue weighted by atomic mass is 10.0. The summed E-state index contributed by atoms with van der Waals surface area (Å²) in [6.45, 7) is 2.02. The van der Waals surface area contributed by atoms with Crippen molar-refractivity contribution in [2.24, 2.45) is 0 Å². The van der Waals surface area contributed by atoms with Crippen LogP contribution in [-0.2, 0) is 11.2 Å². The second-order valence-corrected chi connectivity index (χ2v) is 3.06. The minimum Gasteiger partial charge on any atom is -0.462 e. The zero-order valence-corrected chi connectivity index (χ0v) is 8.51. The molecule has 4 nitrogen and oxygen atoms in total. The highest BCUT2D eigenvalue weighted by Crippen LogP contribution is 2.12. The lowest BCUT2D eigenvalue weighted by Gasteiger charge is -2.09. The molecule has 1 aromatic carbocycles. The Balaban J connectivity index is 2.90. The van der Waals surface area contributed by atoms with Crippen LogP contribution in [0.2, 0.25) is 0 Å². The van der Waals surface area contributed by atoms with Gasteiger partial charge in [-0.3, -0.25) is 0 Å². The van der Waals surface area contributed by atoms with E-state index in [-0.39, 0.29) is 6.42 Å². The highest BCUT2D eigenvalue weighted by atomic mass is 16.5. The normalized spacial score (nSPS) is 10.4. The van der Waals surface area contributed by atoms with Crippen LogP contribution in [0.5, 0.6) is 0 Å². The molecule has 82 valence electrons. The first-order valence-corrected chi connectivity index (χ1v) is 4.76. The van der Waals surface area contributed by atoms with E-state index in [0.717, 1.165) is 0 Å². The van der Waals surface area contributed by atoms with Gasteiger partial charge in [-0.15, -0.1) is 0 Å². The molecule has 0 unspecified atom stereocenters. The van der Waals surface area contributed by atoms with Crippen LogP contribution in [0.15, 0.2) is 24.3 Å². The summed E-state index contributed by atoms with van der Waals surface area (Å²) in [5, 5.41) is 17.7. The lowest BCUT2D eigenvalue weighted by molar-refractivity contribution is -0.0382. The fraction of sp³-hybridized carbons (Fsp3) is 0.364. The quantitative estimate of drug-likeness (QED) is 0.567. The van der Waals surface area contributed by atoms with E-state index in [1.807, 2.05) is 0 Å². The van der Waals surface area contributed by atoms with Gasteiger partial charge in [0.25, 0.3) is 0 Å². The fourth-order valence-electron chi connectivity index (χ4n) is 1.30. The number of hydrogen-bond donors (Lipinski definition) is 2. The van der Waals surface area contributed by atoms with Crippen molar-refractivity contribution >= 4 is 5.97 Å². The van der Waals surface area contributed by atoms with Crippen molar-refractivity contribution in [2.75, 3.05) is 6.61 Å². The Hall–Kier alpha value is -1.39. The monoisotopic (exact) mass is 210 g/mol. The SMILES string of the molecule is CCOC(=O)c1ccccc1CC(O)O. The zero-order valence-electron chi connectivity index (χ0n) is 8.51. The molecule has 0 aliphatic heterocycles. The minimum absolute atomic E-state index is 0.0228. The number of rotatable bonds is 4. The van der Waals surface area contributed by atoms with Gasteiger partial charge in [0.1, 0.15) is 0 Å². The van der Waals surface area contributed by atoms with E-state index in [1.54, 1.807) is 31.2 Å². The van der Waals surface area contributed by atoms with Gasteiger partial charge in [0.2, 0.25) is 0 Å². The van der Waals surface area contributed by atoms with Crippen molar-refractivity contribution < 1.29 is 19.7 Å². The predicted molar refractivity (Wildman–Crippen MR) is 54.3 cm³/mol. The van der Waals surface area contributed by atoms with Crippen molar-refractivity contribution in [2.45, 2.75) is 19.6 Å². The van der Waals surface area contributed by atoms with Gasteiger partial charge < -0.3 is 14.9 Å². The molecule has 0 heterocycles. The summed E-state index contributed by atoms with van der Waals surface area (Å²) in [5.74, 6) is -0.436. The Kier molecular flexibility index (Phi) is 4.27. The molecule has 15 heavy (non-hydrogen) atoms. The number of hydrogen-bond acceptors (Lipinski definition) is 4. The molecule has 0 atom stereocenters. The molecule has 0 aliphatic rings. The molecule has 0 radical (unpaired) electrons. The smallest absolute Gasteiger partial charge is 0.338 e. The van der Waals surface area contributed by atoms with E-state index in [1.165, 1.54) is 0 Å². The molecular weight excluding hydrogens is 196 g/mol. The largest absolute Gasteiger partial charge is 0.462 e. The third kappa shape index (κ3) is 3.34. The maximum atomic E-state index is 11.5. The van der Waals surface area contributed by atoms with Crippen LogP contribution in [0.3, 0.4) is 0 Å². The molecule has 0 spiro atoms. The van der Waals surface area contributed by atoms with Crippen LogP contribution in [-0.4, -0.2) is 29.1 Å². The van der Waals surface area contributed by atoms with Crippen LogP contribution in [0.1, 0.15) is 22.8 Å². The Morgan fingerprint density at radius 1 is 1.40 bits per heavy atom. The Morgan fingerprint density at radius 2 is 2.07 bits per heavy atom. The Labute approximate surface area is 88.1 Å². The third-order valence-corrected chi connectivity index (χ3v) is 1.92. The first kappa shape index (κ1) is 11.7. The number of carbonyl (C=O) groups is 1. The Morgan fingerprint density at radius 3 is 2.67 bits per heavy atom. The van der Waals surface area contributed by atoms with Gasteiger partial charge in [0, 0.05) is 6.42 Å². The van der Waals surface area contributed by atoms with Crippen LogP contribution in [0.4, 0.5) is 0 Å². The summed E-state index contributed by atoms with van der Waals surface area (Å²) in [6, 6.07) is 6.72. The topological polar surface area (TPSA) is 66.8 Å². The Bertz CT molecular complexity index is 333. The summed E-state index contributed by atoms with van der Waals surface area (Å²) < 4.78 is 4.85. The molecular formula is C11H14O4. The molecule has 0 fully saturated rings. The second-order valence-electron chi connectivity index (χ2n) is 3.06. The van der Waals surface area contributed by atoms with Crippen LogP contribution in [0, 0.1) is 0 Å². The molecule has 0 aromatic heterocycles. The van der Waals surface area contributed by atoms with E-state index in [0.29, 0.717) is 17.7 Å². The number of esters is 1. The first-order valence-electron chi connectivity index (χ1n) is 4.76. The van der Waals surface area contributed by atoms with Crippen molar-refractivity contribution in [3.63, 3.8) is 0 Å². The fourth-order valence-corrected chi connectivity index (χ4v) is 1.30. The minimum atomic E-state index is -1.46. The second kappa shape index (κ2) is 5.48. The lowest BCUT2D eigenvalue weighted by Crippen LogP contribution is -2.14. The molecule has 0 saturated carbocycles. The van der Waals surface area contributed by atoms with E-state index in [2.05, 4.69) is 0 Å². The van der Waals surface area contributed by atoms with Gasteiger partial charge in [-0.1, -0.05) is 18.2 Å². The maximum Gasteiger partial charge on any atom is 0.338 e. The number of aliphatic hydroxyl groups excluding tert-OH is 1. The maximum absolute atomic E-state index is 11.5. The first-order chi connectivity index (χ1) is 7.15. The molecule has 4 heteroatoms. The van der Waals surface area contributed by atoms with Crippen molar-refractivity contribution in [3.8, 4) is 0 Å². The van der Waals surface area contributed by atoms with Gasteiger partial charge in [0.05, 0.1) is 12.2 Å². The van der Waals surface area contributed by atoms with Crippen molar-refractivity contribution in [1.82, 2.24) is 0 Å². The van der Waals surface area contributed by atoms with E-state index < -0.39 is 12.3 Å². The standard InChI is InChI=1S/C11H14O4/c1-2-15-11(14)9-6-4-3-5-8(9)7-10(12)13/h3-6,10,12-13H,2,7H2,1H3. The van der Waals surface area contributed by atoms with Crippen LogP contribution >= 0.6 is 0 Å². The van der Waals surface area contributed by atoms with Gasteiger partial charge in [-0.05, 0) is 18.6 Å². The average Bonchev–Trinajstić information content (AvgIpc) is 2.18. The van der Waals surface area contributed by atoms with E-state index in [9.17, 15) is 4.79 Å². The summed E-state index contributed by atoms with van der Waals surface area (Å²) >= 11 is 0. The number of aliphatic hydroxyl groups is 2. The molecule has 0 amide bonds. The molecule has 1 aromatic rings. The zero-order chi connectivity index (χ0) is 11.3. The number of carbonyl (C=O) groups excluding carboxylic acids is 1. The van der Waals surface area contributed by atoms with E-state index in [4.69, 9.17) is 14.9 Å². The van der Waals surface area contributed by atoms with E-state index >= 15 is 0 Å². The summed E-state index contributed by atoms with van der Waals surface area (Å²) in [4.78, 5) is 11.5. The van der Waals surface area contributed by atoms with Gasteiger partial charge in [0.15, 0.2) is 6.29 Å². The molecule has 0 aliphatic carbocycles. The molecule has 2 N–H and O–H groups in total. The predicted octanol–water partition coefficient (Wildman–Crippen LogP) is 0.716.